The summed E-state index contributed by atoms with van der Waals surface area (Å²) in [6.45, 7) is 0.803. The molecular formula is C19H17FN4OS. The molecule has 26 heavy (non-hydrogen) atoms. The van der Waals surface area contributed by atoms with Gasteiger partial charge in [0.1, 0.15) is 5.82 Å². The Bertz CT molecular complexity index is 940. The van der Waals surface area contributed by atoms with E-state index in [9.17, 15) is 9.18 Å². The number of thiazole rings is 1. The van der Waals surface area contributed by atoms with Gasteiger partial charge in [0.2, 0.25) is 11.0 Å². The second-order valence-electron chi connectivity index (χ2n) is 6.67. The molecule has 3 aromatic rings. The lowest BCUT2D eigenvalue weighted by Crippen LogP contribution is -2.50. The number of hydrazine groups is 1. The second-order valence-corrected chi connectivity index (χ2v) is 7.68. The Morgan fingerprint density at radius 3 is 2.77 bits per heavy atom. The molecule has 132 valence electrons. The summed E-state index contributed by atoms with van der Waals surface area (Å²) in [5, 5.41) is 5.62. The monoisotopic (exact) mass is 368 g/mol. The van der Waals surface area contributed by atoms with Crippen molar-refractivity contribution >= 4 is 32.6 Å². The summed E-state index contributed by atoms with van der Waals surface area (Å²) in [6, 6.07) is 14.4. The Morgan fingerprint density at radius 1 is 1.15 bits per heavy atom. The van der Waals surface area contributed by atoms with Crippen LogP contribution in [-0.4, -0.2) is 23.6 Å². The first kappa shape index (κ1) is 15.9. The average molecular weight is 368 g/mol. The van der Waals surface area contributed by atoms with Gasteiger partial charge in [0.25, 0.3) is 0 Å². The number of halogens is 1. The Morgan fingerprint density at radius 2 is 1.96 bits per heavy atom. The number of piperidine rings is 1. The molecule has 0 aliphatic carbocycles. The highest BCUT2D eigenvalue weighted by Crippen LogP contribution is 2.39. The molecule has 5 rings (SSSR count). The van der Waals surface area contributed by atoms with Crippen LogP contribution in [-0.2, 0) is 4.79 Å². The Balaban J connectivity index is 1.48. The van der Waals surface area contributed by atoms with Crippen LogP contribution in [0.1, 0.15) is 17.9 Å². The lowest BCUT2D eigenvalue weighted by atomic mass is 9.79. The number of hydrogen-bond acceptors (Lipinski definition) is 5. The van der Waals surface area contributed by atoms with Gasteiger partial charge < -0.3 is 0 Å². The number of aromatic nitrogens is 1. The molecule has 3 heterocycles. The van der Waals surface area contributed by atoms with Crippen molar-refractivity contribution in [2.24, 2.45) is 5.92 Å². The Labute approximate surface area is 153 Å². The maximum Gasteiger partial charge on any atom is 0.250 e. The maximum atomic E-state index is 13.3. The van der Waals surface area contributed by atoms with Crippen molar-refractivity contribution in [2.75, 3.05) is 11.6 Å². The zero-order valence-electron chi connectivity index (χ0n) is 13.9. The van der Waals surface area contributed by atoms with Gasteiger partial charge in [0, 0.05) is 0 Å². The number of carbonyl (C=O) groups is 1. The topological polar surface area (TPSA) is 57.3 Å². The molecule has 0 saturated carbocycles. The first-order chi connectivity index (χ1) is 12.7. The van der Waals surface area contributed by atoms with Crippen LogP contribution in [0, 0.1) is 11.7 Å². The summed E-state index contributed by atoms with van der Waals surface area (Å²) in [7, 11) is 0. The average Bonchev–Trinajstić information content (AvgIpc) is 3.23. The van der Waals surface area contributed by atoms with Crippen LogP contribution in [0.25, 0.3) is 10.2 Å². The van der Waals surface area contributed by atoms with E-state index in [1.54, 1.807) is 17.1 Å². The van der Waals surface area contributed by atoms with Crippen LogP contribution in [0.15, 0.2) is 48.5 Å². The lowest BCUT2D eigenvalue weighted by molar-refractivity contribution is -0.121. The number of nitrogens with zero attached hydrogens (tertiary/aromatic N) is 2. The van der Waals surface area contributed by atoms with E-state index in [-0.39, 0.29) is 29.7 Å². The third kappa shape index (κ3) is 2.51. The number of anilines is 1. The highest BCUT2D eigenvalue weighted by Gasteiger charge is 2.48. The second kappa shape index (κ2) is 6.12. The van der Waals surface area contributed by atoms with Crippen molar-refractivity contribution in [2.45, 2.75) is 18.5 Å². The van der Waals surface area contributed by atoms with Gasteiger partial charge in [0.05, 0.1) is 22.3 Å². The van der Waals surface area contributed by atoms with Gasteiger partial charge in [-0.05, 0) is 48.7 Å². The molecule has 2 aliphatic rings. The van der Waals surface area contributed by atoms with Gasteiger partial charge in [-0.3, -0.25) is 10.1 Å². The maximum absolute atomic E-state index is 13.3. The molecule has 0 radical (unpaired) electrons. The van der Waals surface area contributed by atoms with Crippen molar-refractivity contribution in [3.8, 4) is 0 Å². The number of nitrogens with one attached hydrogen (secondary N) is 2. The van der Waals surface area contributed by atoms with Gasteiger partial charge >= 0.3 is 0 Å². The van der Waals surface area contributed by atoms with E-state index in [1.807, 2.05) is 24.3 Å². The minimum Gasteiger partial charge on any atom is -0.300 e. The van der Waals surface area contributed by atoms with E-state index < -0.39 is 0 Å². The molecule has 1 amide bonds. The molecule has 2 aromatic carbocycles. The first-order valence-corrected chi connectivity index (χ1v) is 9.47. The third-order valence-corrected chi connectivity index (χ3v) is 6.18. The SMILES string of the molecule is O=C1C2C(NCCC2c2ccc(F)cc2)NN1c1nc2ccccc2s1. The van der Waals surface area contributed by atoms with E-state index in [2.05, 4.69) is 15.7 Å². The zero-order chi connectivity index (χ0) is 17.7. The molecule has 2 N–H and O–H groups in total. The smallest absolute Gasteiger partial charge is 0.250 e. The Kier molecular flexibility index (Phi) is 3.74. The van der Waals surface area contributed by atoms with Crippen LogP contribution < -0.4 is 15.8 Å². The summed E-state index contributed by atoms with van der Waals surface area (Å²) in [4.78, 5) is 17.8. The van der Waals surface area contributed by atoms with Crippen LogP contribution in [0.2, 0.25) is 0 Å². The molecule has 3 unspecified atom stereocenters. The summed E-state index contributed by atoms with van der Waals surface area (Å²) in [5.74, 6) is -0.427. The van der Waals surface area contributed by atoms with Crippen LogP contribution in [0.3, 0.4) is 0 Å². The van der Waals surface area contributed by atoms with E-state index in [4.69, 9.17) is 0 Å². The van der Waals surface area contributed by atoms with Gasteiger partial charge in [-0.2, -0.15) is 0 Å². The summed E-state index contributed by atoms with van der Waals surface area (Å²) >= 11 is 1.50. The van der Waals surface area contributed by atoms with Gasteiger partial charge in [0.15, 0.2) is 0 Å². The number of benzene rings is 2. The highest BCUT2D eigenvalue weighted by molar-refractivity contribution is 7.22. The van der Waals surface area contributed by atoms with Crippen molar-refractivity contribution in [1.29, 1.82) is 0 Å². The Hall–Kier alpha value is -2.35. The molecule has 1 aromatic heterocycles. The van der Waals surface area contributed by atoms with Gasteiger partial charge in [-0.1, -0.05) is 35.6 Å². The molecule has 0 bridgehead atoms. The fraction of sp³-hybridized carbons (Fsp3) is 0.263. The fourth-order valence-corrected chi connectivity index (χ4v) is 4.85. The summed E-state index contributed by atoms with van der Waals surface area (Å²) < 4.78 is 14.3. The molecule has 2 aliphatic heterocycles. The molecule has 5 nitrogen and oxygen atoms in total. The summed E-state index contributed by atoms with van der Waals surface area (Å²) in [5.41, 5.74) is 5.17. The molecule has 0 spiro atoms. The van der Waals surface area contributed by atoms with E-state index >= 15 is 0 Å². The van der Waals surface area contributed by atoms with E-state index in [1.165, 1.54) is 23.5 Å². The number of rotatable bonds is 2. The number of fused-ring (bicyclic) bond motifs is 2. The quantitative estimate of drug-likeness (QED) is 0.730. The molecule has 7 heteroatoms. The van der Waals surface area contributed by atoms with Crippen LogP contribution >= 0.6 is 11.3 Å². The van der Waals surface area contributed by atoms with Crippen molar-refractivity contribution in [3.05, 3.63) is 59.9 Å². The number of hydrogen-bond donors (Lipinski definition) is 2. The zero-order valence-corrected chi connectivity index (χ0v) is 14.7. The first-order valence-electron chi connectivity index (χ1n) is 8.65. The van der Waals surface area contributed by atoms with Crippen LogP contribution in [0.5, 0.6) is 0 Å². The van der Waals surface area contributed by atoms with Crippen molar-refractivity contribution in [3.63, 3.8) is 0 Å². The highest BCUT2D eigenvalue weighted by atomic mass is 32.1. The van der Waals surface area contributed by atoms with Crippen molar-refractivity contribution < 1.29 is 9.18 Å². The number of para-hydroxylation sites is 1. The predicted octanol–water partition coefficient (Wildman–Crippen LogP) is 3.01. The van der Waals surface area contributed by atoms with Gasteiger partial charge in [-0.15, -0.1) is 0 Å². The van der Waals surface area contributed by atoms with E-state index in [0.717, 1.165) is 28.7 Å². The standard InChI is InChI=1S/C19H17FN4OS/c20-12-7-5-11(6-8-12)13-9-10-21-17-16(13)18(25)24(23-17)19-22-14-3-1-2-4-15(14)26-19/h1-8,13,16-17,21,23H,9-10H2. The normalized spacial score (nSPS) is 25.7. The molecular weight excluding hydrogens is 351 g/mol. The van der Waals surface area contributed by atoms with Crippen molar-refractivity contribution in [1.82, 2.24) is 15.7 Å². The number of amides is 1. The largest absolute Gasteiger partial charge is 0.300 e. The van der Waals surface area contributed by atoms with Gasteiger partial charge in [-0.25, -0.2) is 19.8 Å². The summed E-state index contributed by atoms with van der Waals surface area (Å²) in [6.07, 6.45) is 0.701. The third-order valence-electron chi connectivity index (χ3n) is 5.16. The minimum absolute atomic E-state index is 0.00980. The molecule has 3 atom stereocenters. The lowest BCUT2D eigenvalue weighted by Gasteiger charge is -2.32. The predicted molar refractivity (Wildman–Crippen MR) is 99.3 cm³/mol. The number of carbonyl (C=O) groups excluding carboxylic acids is 1. The molecule has 2 fully saturated rings. The van der Waals surface area contributed by atoms with E-state index in [0.29, 0.717) is 5.13 Å². The fourth-order valence-electron chi connectivity index (χ4n) is 3.91. The molecule has 2 saturated heterocycles. The van der Waals surface area contributed by atoms with Crippen LogP contribution in [0.4, 0.5) is 9.52 Å². The minimum atomic E-state index is -0.258.